The van der Waals surface area contributed by atoms with Crippen molar-refractivity contribution in [3.63, 3.8) is 0 Å². The number of hydrogen-bond donors (Lipinski definition) is 0. The zero-order valence-electron chi connectivity index (χ0n) is 20.6. The molecule has 184 valence electrons. The summed E-state index contributed by atoms with van der Waals surface area (Å²) in [5.74, 6) is 0. The third-order valence-electron chi connectivity index (χ3n) is 6.27. The first kappa shape index (κ1) is 26.1. The Labute approximate surface area is 208 Å². The Bertz CT molecular complexity index is 1070. The van der Waals surface area contributed by atoms with Gasteiger partial charge in [-0.2, -0.15) is 0 Å². The number of anilines is 1. The molecule has 0 amide bonds. The van der Waals surface area contributed by atoms with Crippen molar-refractivity contribution in [2.24, 2.45) is 0 Å². The molecule has 3 rings (SSSR count). The maximum atomic E-state index is 15.2. The van der Waals surface area contributed by atoms with Crippen LogP contribution >= 0.6 is 0 Å². The summed E-state index contributed by atoms with van der Waals surface area (Å²) in [5.41, 5.74) is 1.62. The minimum Gasteiger partial charge on any atom is -0.372 e. The third kappa shape index (κ3) is 7.01. The number of nitro groups is 1. The van der Waals surface area contributed by atoms with Crippen LogP contribution in [0.5, 0.6) is 0 Å². The van der Waals surface area contributed by atoms with Crippen LogP contribution in [0.3, 0.4) is 0 Å². The molecule has 0 heterocycles. The Morgan fingerprint density at radius 3 is 2.14 bits per heavy atom. The highest BCUT2D eigenvalue weighted by Crippen LogP contribution is 2.31. The van der Waals surface area contributed by atoms with Gasteiger partial charge in [0.25, 0.3) is 5.54 Å². The maximum Gasteiger partial charge on any atom is 0.293 e. The molecule has 2 atom stereocenters. The van der Waals surface area contributed by atoms with E-state index >= 15 is 4.39 Å². The molecule has 1 aliphatic rings. The number of allylic oxidation sites excluding steroid dienone is 3. The lowest BCUT2D eigenvalue weighted by Gasteiger charge is -2.25. The van der Waals surface area contributed by atoms with E-state index in [1.165, 1.54) is 18.2 Å². The number of nitrogens with zero attached hydrogens (tertiary/aromatic N) is 2. The lowest BCUT2D eigenvalue weighted by atomic mass is 9.86. The SMILES string of the molecule is CCCCN(CCCC)c1ccc(C=CC2([N+](=O)[O-])C=CC(C=Cc3ccccc3)=CC2F)cc1. The number of alkyl halides is 1. The Balaban J connectivity index is 1.74. The average Bonchev–Trinajstić information content (AvgIpc) is 2.88. The Kier molecular flexibility index (Phi) is 9.59. The van der Waals surface area contributed by atoms with E-state index in [0.717, 1.165) is 55.6 Å². The first-order valence-electron chi connectivity index (χ1n) is 12.5. The van der Waals surface area contributed by atoms with E-state index < -0.39 is 16.6 Å². The van der Waals surface area contributed by atoms with Crippen LogP contribution in [0.25, 0.3) is 12.2 Å². The van der Waals surface area contributed by atoms with Gasteiger partial charge in [-0.1, -0.05) is 93.5 Å². The standard InChI is InChI=1S/C30H35FN2O2/c1-3-5-22-32(23-6-4-2)28-16-14-26(15-17-28)18-20-30(33(34)35)21-19-27(24-29(30)31)13-12-25-10-8-7-9-11-25/h7-21,24,29H,3-6,22-23H2,1-2H3. The number of benzene rings is 2. The van der Waals surface area contributed by atoms with Crippen LogP contribution in [0.15, 0.2) is 90.6 Å². The molecule has 5 heteroatoms. The lowest BCUT2D eigenvalue weighted by molar-refractivity contribution is -0.547. The highest BCUT2D eigenvalue weighted by Gasteiger charge is 2.47. The number of unbranched alkanes of at least 4 members (excludes halogenated alkanes) is 2. The molecular weight excluding hydrogens is 439 g/mol. The van der Waals surface area contributed by atoms with Gasteiger partial charge in [0.2, 0.25) is 0 Å². The summed E-state index contributed by atoms with van der Waals surface area (Å²) in [6.07, 6.45) is 13.7. The lowest BCUT2D eigenvalue weighted by Crippen LogP contribution is -2.44. The van der Waals surface area contributed by atoms with E-state index in [1.54, 1.807) is 18.2 Å². The molecule has 0 spiro atoms. The van der Waals surface area contributed by atoms with Crippen molar-refractivity contribution in [1.82, 2.24) is 0 Å². The number of rotatable bonds is 12. The van der Waals surface area contributed by atoms with Gasteiger partial charge in [-0.25, -0.2) is 4.39 Å². The van der Waals surface area contributed by atoms with Crippen LogP contribution in [0.1, 0.15) is 50.7 Å². The van der Waals surface area contributed by atoms with E-state index in [-0.39, 0.29) is 0 Å². The molecular formula is C30H35FN2O2. The monoisotopic (exact) mass is 474 g/mol. The van der Waals surface area contributed by atoms with Crippen molar-refractivity contribution in [3.8, 4) is 0 Å². The molecule has 0 saturated heterocycles. The fourth-order valence-corrected chi connectivity index (χ4v) is 4.01. The van der Waals surface area contributed by atoms with Crippen LogP contribution in [-0.2, 0) is 0 Å². The van der Waals surface area contributed by atoms with Crippen LogP contribution in [0.4, 0.5) is 10.1 Å². The fraction of sp³-hybridized carbons (Fsp3) is 0.333. The van der Waals surface area contributed by atoms with Crippen molar-refractivity contribution in [2.75, 3.05) is 18.0 Å². The fourth-order valence-electron chi connectivity index (χ4n) is 4.01. The van der Waals surface area contributed by atoms with Crippen LogP contribution in [0, 0.1) is 10.1 Å². The second-order valence-corrected chi connectivity index (χ2v) is 8.91. The molecule has 0 radical (unpaired) electrons. The first-order valence-corrected chi connectivity index (χ1v) is 12.5. The van der Waals surface area contributed by atoms with Crippen LogP contribution in [0.2, 0.25) is 0 Å². The predicted molar refractivity (Wildman–Crippen MR) is 145 cm³/mol. The van der Waals surface area contributed by atoms with Crippen molar-refractivity contribution in [3.05, 3.63) is 112 Å². The van der Waals surface area contributed by atoms with Crippen molar-refractivity contribution in [1.29, 1.82) is 0 Å². The van der Waals surface area contributed by atoms with Gasteiger partial charge >= 0.3 is 0 Å². The van der Waals surface area contributed by atoms with E-state index in [0.29, 0.717) is 5.57 Å². The van der Waals surface area contributed by atoms with Crippen molar-refractivity contribution < 1.29 is 9.31 Å². The summed E-state index contributed by atoms with van der Waals surface area (Å²) in [7, 11) is 0. The summed E-state index contributed by atoms with van der Waals surface area (Å²) in [6, 6.07) is 17.6. The quantitative estimate of drug-likeness (QED) is 0.234. The van der Waals surface area contributed by atoms with E-state index in [1.807, 2.05) is 60.7 Å². The molecule has 0 aromatic heterocycles. The van der Waals surface area contributed by atoms with Gasteiger partial charge in [-0.05, 0) is 47.8 Å². The molecule has 0 N–H and O–H groups in total. The zero-order valence-corrected chi connectivity index (χ0v) is 20.6. The Morgan fingerprint density at radius 1 is 0.943 bits per heavy atom. The van der Waals surface area contributed by atoms with Gasteiger partial charge in [0, 0.05) is 35.9 Å². The smallest absolute Gasteiger partial charge is 0.293 e. The second kappa shape index (κ2) is 12.8. The van der Waals surface area contributed by atoms with Gasteiger partial charge in [-0.15, -0.1) is 0 Å². The van der Waals surface area contributed by atoms with Gasteiger partial charge in [0.15, 0.2) is 6.17 Å². The molecule has 0 saturated carbocycles. The molecule has 0 bridgehead atoms. The molecule has 0 fully saturated rings. The molecule has 1 aliphatic carbocycles. The predicted octanol–water partition coefficient (Wildman–Crippen LogP) is 7.67. The summed E-state index contributed by atoms with van der Waals surface area (Å²) in [4.78, 5) is 13.8. The van der Waals surface area contributed by atoms with Crippen molar-refractivity contribution >= 4 is 17.8 Å². The Morgan fingerprint density at radius 2 is 1.57 bits per heavy atom. The van der Waals surface area contributed by atoms with Crippen LogP contribution < -0.4 is 4.90 Å². The summed E-state index contributed by atoms with van der Waals surface area (Å²) >= 11 is 0. The van der Waals surface area contributed by atoms with Crippen molar-refractivity contribution in [2.45, 2.75) is 51.2 Å². The third-order valence-corrected chi connectivity index (χ3v) is 6.27. The summed E-state index contributed by atoms with van der Waals surface area (Å²) in [6.45, 7) is 6.40. The molecule has 2 aromatic rings. The summed E-state index contributed by atoms with van der Waals surface area (Å²) in [5, 5.41) is 11.9. The van der Waals surface area contributed by atoms with E-state index in [9.17, 15) is 10.1 Å². The minimum absolute atomic E-state index is 0.551. The van der Waals surface area contributed by atoms with Gasteiger partial charge < -0.3 is 4.90 Å². The van der Waals surface area contributed by atoms with Gasteiger partial charge in [0.05, 0.1) is 0 Å². The molecule has 0 aliphatic heterocycles. The average molecular weight is 475 g/mol. The van der Waals surface area contributed by atoms with Gasteiger partial charge in [-0.3, -0.25) is 10.1 Å². The number of hydrogen-bond acceptors (Lipinski definition) is 3. The zero-order chi connectivity index (χ0) is 25.1. The molecule has 4 nitrogen and oxygen atoms in total. The van der Waals surface area contributed by atoms with E-state index in [2.05, 4.69) is 18.7 Å². The highest BCUT2D eigenvalue weighted by atomic mass is 19.1. The normalized spacial score (nSPS) is 19.9. The topological polar surface area (TPSA) is 46.4 Å². The van der Waals surface area contributed by atoms with Crippen LogP contribution in [-0.4, -0.2) is 29.7 Å². The van der Waals surface area contributed by atoms with E-state index in [4.69, 9.17) is 0 Å². The largest absolute Gasteiger partial charge is 0.372 e. The molecule has 35 heavy (non-hydrogen) atoms. The molecule has 2 aromatic carbocycles. The second-order valence-electron chi connectivity index (χ2n) is 8.91. The first-order chi connectivity index (χ1) is 17.0. The molecule has 2 unspecified atom stereocenters. The van der Waals surface area contributed by atoms with Gasteiger partial charge in [0.1, 0.15) is 0 Å². The Hall–Kier alpha value is -3.47. The maximum absolute atomic E-state index is 15.2. The summed E-state index contributed by atoms with van der Waals surface area (Å²) < 4.78 is 15.2. The number of halogens is 1. The highest BCUT2D eigenvalue weighted by molar-refractivity contribution is 5.59. The minimum atomic E-state index is -1.92.